The number of hydrogen-bond donors (Lipinski definition) is 1. The Bertz CT molecular complexity index is 370. The van der Waals surface area contributed by atoms with Gasteiger partial charge in [-0.15, -0.1) is 0 Å². The fraction of sp³-hybridized carbons (Fsp3) is 0.333. The van der Waals surface area contributed by atoms with E-state index in [1.165, 1.54) is 7.11 Å². The molecule has 0 bridgehead atoms. The predicted octanol–water partition coefficient (Wildman–Crippen LogP) is 1.33. The monoisotopic (exact) mass is 221 g/mol. The number of rotatable bonds is 5. The van der Waals surface area contributed by atoms with Gasteiger partial charge in [-0.3, -0.25) is 9.59 Å². The molecule has 0 heterocycles. The number of methoxy groups -OCH3 is 1. The normalized spacial score (nSPS) is 9.81. The first-order valence-corrected chi connectivity index (χ1v) is 5.04. The molecule has 0 saturated carbocycles. The zero-order chi connectivity index (χ0) is 12.0. The number of carbonyl (C=O) groups excluding carboxylic acids is 2. The third kappa shape index (κ3) is 4.13. The van der Waals surface area contributed by atoms with Crippen molar-refractivity contribution in [3.8, 4) is 0 Å². The van der Waals surface area contributed by atoms with E-state index in [0.29, 0.717) is 18.5 Å². The molecule has 86 valence electrons. The minimum atomic E-state index is -0.484. The second kappa shape index (κ2) is 5.90. The highest BCUT2D eigenvalue weighted by molar-refractivity contribution is 5.95. The lowest BCUT2D eigenvalue weighted by Crippen LogP contribution is -2.09. The number of ketones is 1. The van der Waals surface area contributed by atoms with Crippen LogP contribution in [0.3, 0.4) is 0 Å². The van der Waals surface area contributed by atoms with Crippen molar-refractivity contribution in [2.45, 2.75) is 19.3 Å². The molecule has 0 atom stereocenters. The summed E-state index contributed by atoms with van der Waals surface area (Å²) in [7, 11) is 1.27. The topological polar surface area (TPSA) is 69.4 Å². The van der Waals surface area contributed by atoms with Gasteiger partial charge in [-0.2, -0.15) is 0 Å². The number of nitrogens with two attached hydrogens (primary N) is 1. The largest absolute Gasteiger partial charge is 0.469 e. The zero-order valence-corrected chi connectivity index (χ0v) is 9.23. The summed E-state index contributed by atoms with van der Waals surface area (Å²) in [4.78, 5) is 22.1. The molecule has 0 spiro atoms. The van der Waals surface area contributed by atoms with Crippen LogP contribution in [0.25, 0.3) is 0 Å². The zero-order valence-electron chi connectivity index (χ0n) is 9.23. The number of aryl methyl sites for hydroxylation is 1. The number of benzene rings is 1. The maximum Gasteiger partial charge on any atom is 0.313 e. The van der Waals surface area contributed by atoms with Crippen LogP contribution in [-0.4, -0.2) is 18.9 Å². The Balaban J connectivity index is 2.37. The SMILES string of the molecule is COC(=O)CC(=O)CCc1ccc(N)cc1. The second-order valence-electron chi connectivity index (χ2n) is 3.53. The first-order valence-electron chi connectivity index (χ1n) is 5.04. The van der Waals surface area contributed by atoms with E-state index in [1.54, 1.807) is 12.1 Å². The van der Waals surface area contributed by atoms with E-state index in [2.05, 4.69) is 4.74 Å². The molecule has 0 fully saturated rings. The number of ether oxygens (including phenoxy) is 1. The van der Waals surface area contributed by atoms with Crippen molar-refractivity contribution in [2.24, 2.45) is 0 Å². The molecular formula is C12H15NO3. The first-order chi connectivity index (χ1) is 7.61. The van der Waals surface area contributed by atoms with E-state index < -0.39 is 5.97 Å². The lowest BCUT2D eigenvalue weighted by Gasteiger charge is -2.01. The van der Waals surface area contributed by atoms with Crippen LogP contribution >= 0.6 is 0 Å². The molecule has 0 amide bonds. The molecule has 0 aliphatic heterocycles. The Labute approximate surface area is 94.4 Å². The third-order valence-electron chi connectivity index (χ3n) is 2.24. The Morgan fingerprint density at radius 1 is 1.25 bits per heavy atom. The molecule has 1 aromatic carbocycles. The van der Waals surface area contributed by atoms with E-state index in [1.807, 2.05) is 12.1 Å². The average Bonchev–Trinajstić information content (AvgIpc) is 2.28. The standard InChI is InChI=1S/C12H15NO3/c1-16-12(15)8-11(14)7-4-9-2-5-10(13)6-3-9/h2-3,5-6H,4,7-8,13H2,1H3. The van der Waals surface area contributed by atoms with Crippen LogP contribution < -0.4 is 5.73 Å². The molecule has 0 radical (unpaired) electrons. The first kappa shape index (κ1) is 12.2. The number of esters is 1. The smallest absolute Gasteiger partial charge is 0.313 e. The fourth-order valence-electron chi connectivity index (χ4n) is 1.29. The number of nitrogen functional groups attached to an aromatic ring is 1. The van der Waals surface area contributed by atoms with E-state index in [-0.39, 0.29) is 12.2 Å². The molecule has 0 unspecified atom stereocenters. The molecule has 4 heteroatoms. The molecule has 4 nitrogen and oxygen atoms in total. The Kier molecular flexibility index (Phi) is 4.51. The minimum Gasteiger partial charge on any atom is -0.469 e. The molecule has 0 aromatic heterocycles. The molecule has 0 aliphatic rings. The summed E-state index contributed by atoms with van der Waals surface area (Å²) in [6.45, 7) is 0. The average molecular weight is 221 g/mol. The minimum absolute atomic E-state index is 0.108. The third-order valence-corrected chi connectivity index (χ3v) is 2.24. The number of carbonyl (C=O) groups is 2. The van der Waals surface area contributed by atoms with Gasteiger partial charge < -0.3 is 10.5 Å². The molecular weight excluding hydrogens is 206 g/mol. The Hall–Kier alpha value is -1.84. The molecule has 0 saturated heterocycles. The predicted molar refractivity (Wildman–Crippen MR) is 60.8 cm³/mol. The number of hydrogen-bond acceptors (Lipinski definition) is 4. The van der Waals surface area contributed by atoms with Crippen molar-refractivity contribution >= 4 is 17.4 Å². The summed E-state index contributed by atoms with van der Waals surface area (Å²) in [6, 6.07) is 7.34. The van der Waals surface area contributed by atoms with Gasteiger partial charge in [0.15, 0.2) is 0 Å². The van der Waals surface area contributed by atoms with Gasteiger partial charge in [-0.25, -0.2) is 0 Å². The fourth-order valence-corrected chi connectivity index (χ4v) is 1.29. The molecule has 16 heavy (non-hydrogen) atoms. The highest BCUT2D eigenvalue weighted by Gasteiger charge is 2.09. The van der Waals surface area contributed by atoms with Crippen LogP contribution in [-0.2, 0) is 20.7 Å². The van der Waals surface area contributed by atoms with E-state index in [4.69, 9.17) is 5.73 Å². The van der Waals surface area contributed by atoms with Crippen molar-refractivity contribution in [3.63, 3.8) is 0 Å². The van der Waals surface area contributed by atoms with Crippen LogP contribution in [0.5, 0.6) is 0 Å². The van der Waals surface area contributed by atoms with Crippen molar-refractivity contribution in [2.75, 3.05) is 12.8 Å². The van der Waals surface area contributed by atoms with Crippen molar-refractivity contribution in [1.29, 1.82) is 0 Å². The molecule has 1 aromatic rings. The second-order valence-corrected chi connectivity index (χ2v) is 3.53. The van der Waals surface area contributed by atoms with Crippen molar-refractivity contribution < 1.29 is 14.3 Å². The highest BCUT2D eigenvalue weighted by Crippen LogP contribution is 2.08. The van der Waals surface area contributed by atoms with Gasteiger partial charge in [-0.05, 0) is 24.1 Å². The van der Waals surface area contributed by atoms with Crippen LogP contribution in [0.15, 0.2) is 24.3 Å². The lowest BCUT2D eigenvalue weighted by molar-refractivity contribution is -0.143. The van der Waals surface area contributed by atoms with Crippen molar-refractivity contribution in [3.05, 3.63) is 29.8 Å². The summed E-state index contributed by atoms with van der Waals surface area (Å²) < 4.78 is 4.41. The summed E-state index contributed by atoms with van der Waals surface area (Å²) in [5, 5.41) is 0. The highest BCUT2D eigenvalue weighted by atomic mass is 16.5. The lowest BCUT2D eigenvalue weighted by atomic mass is 10.1. The van der Waals surface area contributed by atoms with Gasteiger partial charge in [0.05, 0.1) is 7.11 Å². The van der Waals surface area contributed by atoms with E-state index in [9.17, 15) is 9.59 Å². The number of Topliss-reactive ketones (excluding diaryl/α,β-unsaturated/α-hetero) is 1. The van der Waals surface area contributed by atoms with E-state index in [0.717, 1.165) is 5.56 Å². The van der Waals surface area contributed by atoms with Gasteiger partial charge in [0.2, 0.25) is 0 Å². The summed E-state index contributed by atoms with van der Waals surface area (Å²) in [6.07, 6.45) is 0.820. The summed E-state index contributed by atoms with van der Waals surface area (Å²) in [5.74, 6) is -0.592. The maximum atomic E-state index is 11.3. The molecule has 0 aliphatic carbocycles. The van der Waals surface area contributed by atoms with Crippen LogP contribution in [0.2, 0.25) is 0 Å². The summed E-state index contributed by atoms with van der Waals surface area (Å²) in [5.41, 5.74) is 7.27. The van der Waals surface area contributed by atoms with Crippen LogP contribution in [0.4, 0.5) is 5.69 Å². The van der Waals surface area contributed by atoms with Crippen LogP contribution in [0.1, 0.15) is 18.4 Å². The van der Waals surface area contributed by atoms with Crippen molar-refractivity contribution in [1.82, 2.24) is 0 Å². The molecule has 1 rings (SSSR count). The maximum absolute atomic E-state index is 11.3. The Morgan fingerprint density at radius 3 is 2.44 bits per heavy atom. The quantitative estimate of drug-likeness (QED) is 0.462. The van der Waals surface area contributed by atoms with Gasteiger partial charge in [-0.1, -0.05) is 12.1 Å². The summed E-state index contributed by atoms with van der Waals surface area (Å²) >= 11 is 0. The Morgan fingerprint density at radius 2 is 1.88 bits per heavy atom. The van der Waals surface area contributed by atoms with Gasteiger partial charge in [0.25, 0.3) is 0 Å². The van der Waals surface area contributed by atoms with Crippen LogP contribution in [0, 0.1) is 0 Å². The van der Waals surface area contributed by atoms with Gasteiger partial charge >= 0.3 is 5.97 Å². The van der Waals surface area contributed by atoms with Gasteiger partial charge in [0.1, 0.15) is 12.2 Å². The van der Waals surface area contributed by atoms with Gasteiger partial charge in [0, 0.05) is 12.1 Å². The molecule has 2 N–H and O–H groups in total. The number of anilines is 1. The van der Waals surface area contributed by atoms with E-state index >= 15 is 0 Å².